The molecule has 21 heavy (non-hydrogen) atoms. The number of carbonyl (C=O) groups is 1. The summed E-state index contributed by atoms with van der Waals surface area (Å²) in [6.45, 7) is 3.27. The van der Waals surface area contributed by atoms with Gasteiger partial charge in [-0.1, -0.05) is 11.6 Å². The maximum Gasteiger partial charge on any atom is 0.258 e. The fourth-order valence-corrected chi connectivity index (χ4v) is 2.05. The molecule has 0 saturated carbocycles. The van der Waals surface area contributed by atoms with E-state index in [-0.39, 0.29) is 27.4 Å². The van der Waals surface area contributed by atoms with Crippen LogP contribution in [0.3, 0.4) is 0 Å². The highest BCUT2D eigenvalue weighted by atomic mass is 35.5. The molecule has 0 radical (unpaired) electrons. The van der Waals surface area contributed by atoms with Crippen LogP contribution in [-0.2, 0) is 0 Å². The van der Waals surface area contributed by atoms with Gasteiger partial charge < -0.3 is 5.32 Å². The van der Waals surface area contributed by atoms with E-state index in [2.05, 4.69) is 10.3 Å². The molecule has 0 aliphatic heterocycles. The average molecular weight is 304 g/mol. The van der Waals surface area contributed by atoms with Crippen LogP contribution in [0.2, 0.25) is 5.02 Å². The molecule has 0 spiro atoms. The Morgan fingerprint density at radius 2 is 2.10 bits per heavy atom. The minimum Gasteiger partial charge on any atom is -0.322 e. The van der Waals surface area contributed by atoms with Gasteiger partial charge in [0.2, 0.25) is 0 Å². The third-order valence-electron chi connectivity index (χ3n) is 2.96. The fourth-order valence-electron chi connectivity index (χ4n) is 1.76. The van der Waals surface area contributed by atoms with Gasteiger partial charge in [-0.25, -0.2) is 4.39 Å². The number of nitriles is 1. The van der Waals surface area contributed by atoms with E-state index in [0.29, 0.717) is 5.69 Å². The van der Waals surface area contributed by atoms with Crippen molar-refractivity contribution < 1.29 is 9.18 Å². The van der Waals surface area contributed by atoms with Crippen LogP contribution >= 0.6 is 11.6 Å². The topological polar surface area (TPSA) is 65.8 Å². The van der Waals surface area contributed by atoms with Crippen molar-refractivity contribution in [1.29, 1.82) is 5.26 Å². The number of nitrogens with zero attached hydrogens (tertiary/aromatic N) is 2. The summed E-state index contributed by atoms with van der Waals surface area (Å²) in [7, 11) is 0. The maximum absolute atomic E-state index is 13.7. The number of anilines is 1. The predicted octanol–water partition coefficient (Wildman–Crippen LogP) is 3.61. The molecule has 1 aromatic heterocycles. The van der Waals surface area contributed by atoms with E-state index < -0.39 is 11.7 Å². The first-order valence-electron chi connectivity index (χ1n) is 6.06. The Bertz CT molecular complexity index is 768. The molecule has 0 atom stereocenters. The van der Waals surface area contributed by atoms with E-state index in [0.717, 1.165) is 6.07 Å². The lowest BCUT2D eigenvalue weighted by Crippen LogP contribution is -2.14. The molecule has 106 valence electrons. The molecule has 2 rings (SSSR count). The second kappa shape index (κ2) is 5.90. The van der Waals surface area contributed by atoms with Crippen molar-refractivity contribution in [2.24, 2.45) is 0 Å². The predicted molar refractivity (Wildman–Crippen MR) is 77.8 cm³/mol. The molecule has 1 aromatic carbocycles. The van der Waals surface area contributed by atoms with Crippen molar-refractivity contribution >= 4 is 23.2 Å². The van der Waals surface area contributed by atoms with Gasteiger partial charge in [0.1, 0.15) is 5.82 Å². The van der Waals surface area contributed by atoms with Gasteiger partial charge in [-0.3, -0.25) is 9.78 Å². The van der Waals surface area contributed by atoms with Gasteiger partial charge in [-0.05, 0) is 32.0 Å². The number of carbonyl (C=O) groups excluding carboxylic acids is 1. The lowest BCUT2D eigenvalue weighted by atomic mass is 10.1. The molecule has 0 saturated heterocycles. The van der Waals surface area contributed by atoms with E-state index in [1.54, 1.807) is 13.0 Å². The van der Waals surface area contributed by atoms with Crippen molar-refractivity contribution in [3.63, 3.8) is 0 Å². The molecule has 0 aliphatic rings. The van der Waals surface area contributed by atoms with Crippen molar-refractivity contribution in [3.8, 4) is 6.07 Å². The summed E-state index contributed by atoms with van der Waals surface area (Å²) >= 11 is 5.99. The molecule has 0 aliphatic carbocycles. The van der Waals surface area contributed by atoms with Gasteiger partial charge >= 0.3 is 0 Å². The molecule has 1 amide bonds. The van der Waals surface area contributed by atoms with Crippen LogP contribution < -0.4 is 5.32 Å². The van der Waals surface area contributed by atoms with E-state index >= 15 is 0 Å². The van der Waals surface area contributed by atoms with Crippen LogP contribution in [0, 0.1) is 31.0 Å². The van der Waals surface area contributed by atoms with Gasteiger partial charge in [0.15, 0.2) is 0 Å². The Labute approximate surface area is 126 Å². The minimum atomic E-state index is -0.558. The number of amides is 1. The second-order valence-corrected chi connectivity index (χ2v) is 4.91. The normalized spacial score (nSPS) is 10.0. The van der Waals surface area contributed by atoms with Crippen LogP contribution in [0.5, 0.6) is 0 Å². The Balaban J connectivity index is 2.36. The lowest BCUT2D eigenvalue weighted by Gasteiger charge is -2.10. The SMILES string of the molecule is Cc1cc(Cl)c(C(=O)Nc2cc(C#N)cc(F)c2C)cn1. The highest BCUT2D eigenvalue weighted by Gasteiger charge is 2.14. The third kappa shape index (κ3) is 3.18. The number of rotatable bonds is 2. The number of pyridine rings is 1. The number of hydrogen-bond donors (Lipinski definition) is 1. The smallest absolute Gasteiger partial charge is 0.258 e. The van der Waals surface area contributed by atoms with Crippen molar-refractivity contribution in [2.45, 2.75) is 13.8 Å². The molecular weight excluding hydrogens is 293 g/mol. The molecule has 2 aromatic rings. The molecule has 0 unspecified atom stereocenters. The lowest BCUT2D eigenvalue weighted by molar-refractivity contribution is 0.102. The summed E-state index contributed by atoms with van der Waals surface area (Å²) in [5, 5.41) is 11.6. The zero-order valence-electron chi connectivity index (χ0n) is 11.4. The summed E-state index contributed by atoms with van der Waals surface area (Å²) in [4.78, 5) is 16.2. The zero-order chi connectivity index (χ0) is 15.6. The first-order valence-corrected chi connectivity index (χ1v) is 6.44. The summed E-state index contributed by atoms with van der Waals surface area (Å²) < 4.78 is 13.7. The number of hydrogen-bond acceptors (Lipinski definition) is 3. The van der Waals surface area contributed by atoms with Crippen LogP contribution in [0.15, 0.2) is 24.4 Å². The Hall–Kier alpha value is -2.45. The standard InChI is InChI=1S/C15H11ClFN3O/c1-8-3-12(16)11(7-19-8)15(21)20-14-5-10(6-18)4-13(17)9(14)2/h3-5,7H,1-2H3,(H,20,21). The Morgan fingerprint density at radius 1 is 1.38 bits per heavy atom. The van der Waals surface area contributed by atoms with Crippen molar-refractivity contribution in [1.82, 2.24) is 4.98 Å². The maximum atomic E-state index is 13.7. The van der Waals surface area contributed by atoms with Crippen LogP contribution in [0.25, 0.3) is 0 Å². The molecule has 6 heteroatoms. The first kappa shape index (κ1) is 14.9. The Kier molecular flexibility index (Phi) is 4.20. The van der Waals surface area contributed by atoms with Crippen LogP contribution in [0.4, 0.5) is 10.1 Å². The van der Waals surface area contributed by atoms with Gasteiger partial charge in [0.25, 0.3) is 5.91 Å². The summed E-state index contributed by atoms with van der Waals surface area (Å²) in [5.41, 5.74) is 1.47. The molecule has 1 heterocycles. The fraction of sp³-hybridized carbons (Fsp3) is 0.133. The van der Waals surface area contributed by atoms with Crippen LogP contribution in [0.1, 0.15) is 27.2 Å². The highest BCUT2D eigenvalue weighted by molar-refractivity contribution is 6.34. The van der Waals surface area contributed by atoms with Gasteiger partial charge in [-0.2, -0.15) is 5.26 Å². The minimum absolute atomic E-state index is 0.126. The van der Waals surface area contributed by atoms with E-state index in [1.807, 2.05) is 6.07 Å². The van der Waals surface area contributed by atoms with Crippen LogP contribution in [-0.4, -0.2) is 10.9 Å². The zero-order valence-corrected chi connectivity index (χ0v) is 12.1. The van der Waals surface area contributed by atoms with E-state index in [4.69, 9.17) is 16.9 Å². The molecule has 0 fully saturated rings. The molecule has 4 nitrogen and oxygen atoms in total. The number of halogens is 2. The average Bonchev–Trinajstić information content (AvgIpc) is 2.43. The second-order valence-electron chi connectivity index (χ2n) is 4.50. The van der Waals surface area contributed by atoms with E-state index in [1.165, 1.54) is 19.2 Å². The summed E-state index contributed by atoms with van der Waals surface area (Å²) in [6.07, 6.45) is 1.35. The van der Waals surface area contributed by atoms with Crippen molar-refractivity contribution in [2.75, 3.05) is 5.32 Å². The van der Waals surface area contributed by atoms with Crippen molar-refractivity contribution in [3.05, 3.63) is 57.6 Å². The third-order valence-corrected chi connectivity index (χ3v) is 3.27. The molecule has 1 N–H and O–H groups in total. The number of benzene rings is 1. The summed E-state index contributed by atoms with van der Waals surface area (Å²) in [6, 6.07) is 5.93. The molecular formula is C15H11ClFN3O. The quantitative estimate of drug-likeness (QED) is 0.921. The first-order chi connectivity index (χ1) is 9.92. The number of aryl methyl sites for hydroxylation is 1. The van der Waals surface area contributed by atoms with E-state index in [9.17, 15) is 9.18 Å². The summed E-state index contributed by atoms with van der Waals surface area (Å²) in [5.74, 6) is -1.07. The van der Waals surface area contributed by atoms with Gasteiger partial charge in [0, 0.05) is 23.1 Å². The highest BCUT2D eigenvalue weighted by Crippen LogP contribution is 2.23. The number of aromatic nitrogens is 1. The number of nitrogens with one attached hydrogen (secondary N) is 1. The Morgan fingerprint density at radius 3 is 2.71 bits per heavy atom. The van der Waals surface area contributed by atoms with Gasteiger partial charge in [0.05, 0.1) is 22.2 Å². The monoisotopic (exact) mass is 303 g/mol. The van der Waals surface area contributed by atoms with Gasteiger partial charge in [-0.15, -0.1) is 0 Å². The molecule has 0 bridgehead atoms. The largest absolute Gasteiger partial charge is 0.322 e.